The van der Waals surface area contributed by atoms with E-state index in [1.54, 1.807) is 18.6 Å². The topological polar surface area (TPSA) is 75.9 Å². The maximum absolute atomic E-state index is 13.4. The summed E-state index contributed by atoms with van der Waals surface area (Å²) in [6.07, 6.45) is 6.91. The molecule has 1 aliphatic heterocycles. The molecule has 5 rings (SSSR count). The predicted molar refractivity (Wildman–Crippen MR) is 106 cm³/mol. The molecule has 3 heterocycles. The van der Waals surface area contributed by atoms with Gasteiger partial charge in [0.25, 0.3) is 5.91 Å². The van der Waals surface area contributed by atoms with Crippen molar-refractivity contribution in [2.45, 2.75) is 24.9 Å². The van der Waals surface area contributed by atoms with Crippen molar-refractivity contribution < 1.29 is 4.79 Å². The molecule has 8 heteroatoms. The van der Waals surface area contributed by atoms with E-state index in [1.807, 2.05) is 41.3 Å². The third-order valence-electron chi connectivity index (χ3n) is 5.57. The molecule has 0 radical (unpaired) electrons. The molecule has 2 fully saturated rings. The van der Waals surface area contributed by atoms with E-state index in [-0.39, 0.29) is 18.0 Å². The molecule has 7 nitrogen and oxygen atoms in total. The highest BCUT2D eigenvalue weighted by Crippen LogP contribution is 2.40. The average Bonchev–Trinajstić information content (AvgIpc) is 3.46. The number of nitrogens with zero attached hydrogens (tertiary/aromatic N) is 5. The van der Waals surface area contributed by atoms with Crippen LogP contribution in [0.5, 0.6) is 0 Å². The number of aromatic nitrogens is 4. The van der Waals surface area contributed by atoms with Crippen molar-refractivity contribution in [2.24, 2.45) is 5.92 Å². The predicted octanol–water partition coefficient (Wildman–Crippen LogP) is 3.03. The van der Waals surface area contributed by atoms with Crippen LogP contribution in [0.4, 0.5) is 5.82 Å². The Kier molecular flexibility index (Phi) is 4.24. The first-order valence-electron chi connectivity index (χ1n) is 9.34. The summed E-state index contributed by atoms with van der Waals surface area (Å²) in [6.45, 7) is 0.788. The molecule has 1 aliphatic carbocycles. The number of pyridine rings is 1. The fraction of sp³-hybridized carbons (Fsp3) is 0.300. The van der Waals surface area contributed by atoms with E-state index in [0.717, 1.165) is 25.2 Å². The summed E-state index contributed by atoms with van der Waals surface area (Å²) < 4.78 is 0. The molecular formula is C20H19ClN6O. The molecule has 2 aromatic heterocycles. The van der Waals surface area contributed by atoms with Crippen LogP contribution in [0.25, 0.3) is 5.69 Å². The minimum absolute atomic E-state index is 0.0240. The molecule has 2 aliphatic rings. The molecular weight excluding hydrogens is 376 g/mol. The van der Waals surface area contributed by atoms with Crippen LogP contribution < -0.4 is 5.32 Å². The monoisotopic (exact) mass is 394 g/mol. The van der Waals surface area contributed by atoms with Crippen LogP contribution in [0.1, 0.15) is 23.2 Å². The number of anilines is 1. The number of piperidine rings is 1. The lowest BCUT2D eigenvalue weighted by Crippen LogP contribution is -2.48. The van der Waals surface area contributed by atoms with Crippen LogP contribution in [0.15, 0.2) is 55.0 Å². The summed E-state index contributed by atoms with van der Waals surface area (Å²) in [7, 11) is 0. The zero-order valence-electron chi connectivity index (χ0n) is 15.1. The highest BCUT2D eigenvalue weighted by atomic mass is 35.5. The number of nitrogens with one attached hydrogen (secondary N) is 1. The molecule has 3 atom stereocenters. The van der Waals surface area contributed by atoms with Gasteiger partial charge in [-0.2, -0.15) is 15.0 Å². The van der Waals surface area contributed by atoms with E-state index >= 15 is 0 Å². The first-order valence-corrected chi connectivity index (χ1v) is 9.71. The van der Waals surface area contributed by atoms with Gasteiger partial charge in [0.1, 0.15) is 5.82 Å². The normalized spacial score (nSPS) is 23.2. The molecule has 2 bridgehead atoms. The summed E-state index contributed by atoms with van der Waals surface area (Å²) in [5.41, 5.74) is 1.32. The molecule has 0 spiro atoms. The van der Waals surface area contributed by atoms with E-state index in [0.29, 0.717) is 22.2 Å². The molecule has 3 aromatic rings. The summed E-state index contributed by atoms with van der Waals surface area (Å²) in [5, 5.41) is 12.5. The highest BCUT2D eigenvalue weighted by molar-refractivity contribution is 6.30. The number of likely N-dealkylation sites (tertiary alicyclic amines) is 1. The number of fused-ring (bicyclic) bond motifs is 2. The van der Waals surface area contributed by atoms with Gasteiger partial charge >= 0.3 is 0 Å². The first-order chi connectivity index (χ1) is 13.7. The van der Waals surface area contributed by atoms with E-state index in [9.17, 15) is 4.79 Å². The van der Waals surface area contributed by atoms with Gasteiger partial charge in [-0.05, 0) is 43.0 Å². The lowest BCUT2D eigenvalue weighted by molar-refractivity contribution is 0.0691. The molecule has 1 N–H and O–H groups in total. The number of amides is 1. The van der Waals surface area contributed by atoms with Gasteiger partial charge in [0.15, 0.2) is 0 Å². The number of carbonyl (C=O) groups is 1. The Bertz CT molecular complexity index is 990. The second-order valence-corrected chi connectivity index (χ2v) is 7.75. The molecule has 142 valence electrons. The van der Waals surface area contributed by atoms with Crippen LogP contribution in [0.3, 0.4) is 0 Å². The number of carbonyl (C=O) groups excluding carboxylic acids is 1. The van der Waals surface area contributed by atoms with Gasteiger partial charge in [0, 0.05) is 18.8 Å². The molecule has 1 saturated carbocycles. The van der Waals surface area contributed by atoms with Crippen molar-refractivity contribution in [3.8, 4) is 5.69 Å². The number of benzene rings is 1. The second kappa shape index (κ2) is 6.91. The van der Waals surface area contributed by atoms with Crippen molar-refractivity contribution in [1.82, 2.24) is 24.9 Å². The van der Waals surface area contributed by atoms with Crippen LogP contribution in [0.2, 0.25) is 5.02 Å². The largest absolute Gasteiger partial charge is 0.365 e. The molecule has 28 heavy (non-hydrogen) atoms. The summed E-state index contributed by atoms with van der Waals surface area (Å²) >= 11 is 5.93. The molecule has 0 unspecified atom stereocenters. The summed E-state index contributed by atoms with van der Waals surface area (Å²) in [6, 6.07) is 11.5. The van der Waals surface area contributed by atoms with Crippen molar-refractivity contribution >= 4 is 23.3 Å². The number of para-hydroxylation sites is 1. The lowest BCUT2D eigenvalue weighted by Gasteiger charge is -2.34. The molecule has 1 saturated heterocycles. The van der Waals surface area contributed by atoms with Gasteiger partial charge < -0.3 is 10.2 Å². The fourth-order valence-corrected chi connectivity index (χ4v) is 4.50. The average molecular weight is 395 g/mol. The quantitative estimate of drug-likeness (QED) is 0.736. The summed E-state index contributed by atoms with van der Waals surface area (Å²) in [5.74, 6) is 1.32. The van der Waals surface area contributed by atoms with E-state index in [2.05, 4.69) is 20.5 Å². The Labute approximate surface area is 167 Å². The maximum atomic E-state index is 13.4. The Hall–Kier alpha value is -2.93. The number of rotatable bonds is 4. The van der Waals surface area contributed by atoms with Crippen LogP contribution in [0, 0.1) is 5.92 Å². The Balaban J connectivity index is 1.39. The molecule has 1 amide bonds. The first kappa shape index (κ1) is 17.2. The minimum Gasteiger partial charge on any atom is -0.365 e. The SMILES string of the molecule is O=C(c1ccccc1-n1nccn1)N1C[C@H]2C[C@@H](Nc3ccc(Cl)cn3)[C@@H]1C2. The van der Waals surface area contributed by atoms with Crippen molar-refractivity contribution in [3.05, 3.63) is 65.6 Å². The molecule has 1 aromatic carbocycles. The van der Waals surface area contributed by atoms with Gasteiger partial charge in [-0.15, -0.1) is 0 Å². The Morgan fingerprint density at radius 1 is 1.11 bits per heavy atom. The number of hydrogen-bond donors (Lipinski definition) is 1. The van der Waals surface area contributed by atoms with Gasteiger partial charge in [-0.25, -0.2) is 4.98 Å². The van der Waals surface area contributed by atoms with Crippen LogP contribution in [-0.4, -0.2) is 49.4 Å². The fourth-order valence-electron chi connectivity index (χ4n) is 4.39. The van der Waals surface area contributed by atoms with Gasteiger partial charge in [-0.3, -0.25) is 4.79 Å². The van der Waals surface area contributed by atoms with Gasteiger partial charge in [0.2, 0.25) is 0 Å². The second-order valence-electron chi connectivity index (χ2n) is 7.31. The Morgan fingerprint density at radius 3 is 2.68 bits per heavy atom. The maximum Gasteiger partial charge on any atom is 0.256 e. The van der Waals surface area contributed by atoms with E-state index < -0.39 is 0 Å². The zero-order valence-corrected chi connectivity index (χ0v) is 15.8. The van der Waals surface area contributed by atoms with Crippen LogP contribution in [-0.2, 0) is 0 Å². The van der Waals surface area contributed by atoms with Gasteiger partial charge in [0.05, 0.1) is 34.7 Å². The third-order valence-corrected chi connectivity index (χ3v) is 5.80. The number of halogens is 1. The van der Waals surface area contributed by atoms with Gasteiger partial charge in [-0.1, -0.05) is 23.7 Å². The zero-order chi connectivity index (χ0) is 19.1. The van der Waals surface area contributed by atoms with Crippen molar-refractivity contribution in [3.63, 3.8) is 0 Å². The summed E-state index contributed by atoms with van der Waals surface area (Å²) in [4.78, 5) is 21.2. The highest BCUT2D eigenvalue weighted by Gasteiger charge is 2.47. The standard InChI is InChI=1S/C20H19ClN6O/c21-14-5-6-19(22-11-14)25-16-9-13-10-18(16)26(12-13)20(28)15-3-1-2-4-17(15)27-23-7-8-24-27/h1-8,11,13,16,18H,9-10,12H2,(H,22,25)/t13-,16+,18-/m0/s1. The smallest absolute Gasteiger partial charge is 0.256 e. The van der Waals surface area contributed by atoms with E-state index in [4.69, 9.17) is 11.6 Å². The van der Waals surface area contributed by atoms with E-state index in [1.165, 1.54) is 4.80 Å². The van der Waals surface area contributed by atoms with Crippen LogP contribution >= 0.6 is 11.6 Å². The number of hydrogen-bond acceptors (Lipinski definition) is 5. The third kappa shape index (κ3) is 3.01. The lowest BCUT2D eigenvalue weighted by atomic mass is 10.0. The Morgan fingerprint density at radius 2 is 1.93 bits per heavy atom. The minimum atomic E-state index is 0.0240. The van der Waals surface area contributed by atoms with Crippen molar-refractivity contribution in [1.29, 1.82) is 0 Å². The van der Waals surface area contributed by atoms with Crippen molar-refractivity contribution in [2.75, 3.05) is 11.9 Å².